The summed E-state index contributed by atoms with van der Waals surface area (Å²) in [7, 11) is 0. The van der Waals surface area contributed by atoms with E-state index in [0.29, 0.717) is 0 Å². The maximum Gasteiger partial charge on any atom is 0.170 e. The van der Waals surface area contributed by atoms with Crippen LogP contribution in [0.3, 0.4) is 0 Å². The summed E-state index contributed by atoms with van der Waals surface area (Å²) < 4.78 is 1.18. The lowest BCUT2D eigenvalue weighted by molar-refractivity contribution is 1.35. The van der Waals surface area contributed by atoms with Gasteiger partial charge >= 0.3 is 0 Å². The summed E-state index contributed by atoms with van der Waals surface area (Å²) in [5.74, 6) is 0. The Labute approximate surface area is 78.9 Å². The molecule has 0 unspecified atom stereocenters. The molecule has 2 aromatic heterocycles. The molecule has 3 rings (SSSR count). The predicted molar refractivity (Wildman–Crippen MR) is 54.9 cm³/mol. The van der Waals surface area contributed by atoms with Crippen molar-refractivity contribution in [1.82, 2.24) is 9.97 Å². The third kappa shape index (κ3) is 0.939. The van der Waals surface area contributed by atoms with Crippen LogP contribution in [0.2, 0.25) is 0 Å². The van der Waals surface area contributed by atoms with Crippen LogP contribution >= 0.6 is 11.3 Å². The van der Waals surface area contributed by atoms with Gasteiger partial charge in [0, 0.05) is 17.0 Å². The fraction of sp³-hybridized carbons (Fsp3) is 0. The van der Waals surface area contributed by atoms with Crippen molar-refractivity contribution in [2.24, 2.45) is 0 Å². The highest BCUT2D eigenvalue weighted by Gasteiger charge is 2.01. The van der Waals surface area contributed by atoms with Gasteiger partial charge in [-0.05, 0) is 0 Å². The van der Waals surface area contributed by atoms with Crippen LogP contribution in [-0.2, 0) is 0 Å². The first kappa shape index (κ1) is 6.97. The fourth-order valence-corrected chi connectivity index (χ4v) is 2.24. The van der Waals surface area contributed by atoms with Gasteiger partial charge in [0.25, 0.3) is 0 Å². The molecule has 0 spiro atoms. The zero-order chi connectivity index (χ0) is 8.67. The van der Waals surface area contributed by atoms with E-state index in [-0.39, 0.29) is 0 Å². The molecule has 0 saturated carbocycles. The molecule has 62 valence electrons. The number of hydrogen-bond acceptors (Lipinski definition) is 3. The van der Waals surface area contributed by atoms with Crippen LogP contribution < -0.4 is 0 Å². The second kappa shape index (κ2) is 2.50. The standard InChI is InChI=1S/C10H6N2S/c1-2-4-8-7(3-1)5-11-10-9(8)13-6-12-10/h1-6H. The van der Waals surface area contributed by atoms with Crippen LogP contribution in [-0.4, -0.2) is 9.97 Å². The monoisotopic (exact) mass is 186 g/mol. The Hall–Kier alpha value is -1.48. The summed E-state index contributed by atoms with van der Waals surface area (Å²) in [6.45, 7) is 0. The molecule has 0 atom stereocenters. The van der Waals surface area contributed by atoms with E-state index in [1.54, 1.807) is 11.3 Å². The Morgan fingerprint density at radius 2 is 2.00 bits per heavy atom. The average molecular weight is 186 g/mol. The van der Waals surface area contributed by atoms with Gasteiger partial charge in [0.15, 0.2) is 5.65 Å². The lowest BCUT2D eigenvalue weighted by Crippen LogP contribution is -1.77. The molecule has 0 saturated heterocycles. The van der Waals surface area contributed by atoms with Gasteiger partial charge in [0.05, 0.1) is 10.2 Å². The molecule has 0 amide bonds. The van der Waals surface area contributed by atoms with Gasteiger partial charge in [-0.25, -0.2) is 9.97 Å². The van der Waals surface area contributed by atoms with Crippen LogP contribution in [0.15, 0.2) is 36.0 Å². The van der Waals surface area contributed by atoms with E-state index in [1.807, 2.05) is 23.8 Å². The average Bonchev–Trinajstić information content (AvgIpc) is 2.65. The topological polar surface area (TPSA) is 25.8 Å². The third-order valence-corrected chi connectivity index (χ3v) is 2.93. The van der Waals surface area contributed by atoms with E-state index in [2.05, 4.69) is 22.1 Å². The van der Waals surface area contributed by atoms with E-state index in [9.17, 15) is 0 Å². The Morgan fingerprint density at radius 1 is 1.08 bits per heavy atom. The summed E-state index contributed by atoms with van der Waals surface area (Å²) in [5, 5.41) is 2.43. The summed E-state index contributed by atoms with van der Waals surface area (Å²) >= 11 is 1.64. The minimum Gasteiger partial charge on any atom is -0.235 e. The van der Waals surface area contributed by atoms with Gasteiger partial charge in [-0.15, -0.1) is 11.3 Å². The number of thiazole rings is 1. The van der Waals surface area contributed by atoms with Crippen molar-refractivity contribution >= 4 is 32.5 Å². The normalized spacial score (nSPS) is 11.1. The zero-order valence-corrected chi connectivity index (χ0v) is 7.58. The number of fused-ring (bicyclic) bond motifs is 3. The molecule has 3 aromatic rings. The predicted octanol–water partition coefficient (Wildman–Crippen LogP) is 2.84. The first-order chi connectivity index (χ1) is 6.45. The summed E-state index contributed by atoms with van der Waals surface area (Å²) in [4.78, 5) is 8.44. The van der Waals surface area contributed by atoms with E-state index < -0.39 is 0 Å². The first-order valence-corrected chi connectivity index (χ1v) is 4.90. The second-order valence-electron chi connectivity index (χ2n) is 2.85. The molecule has 0 bridgehead atoms. The molecule has 0 radical (unpaired) electrons. The van der Waals surface area contributed by atoms with Gasteiger partial charge in [0.2, 0.25) is 0 Å². The highest BCUT2D eigenvalue weighted by molar-refractivity contribution is 7.17. The van der Waals surface area contributed by atoms with Crippen LogP contribution in [0.4, 0.5) is 0 Å². The molecule has 0 fully saturated rings. The molecule has 0 aliphatic rings. The number of pyridine rings is 1. The van der Waals surface area contributed by atoms with Crippen LogP contribution in [0.25, 0.3) is 21.1 Å². The maximum atomic E-state index is 4.27. The highest BCUT2D eigenvalue weighted by atomic mass is 32.1. The maximum absolute atomic E-state index is 4.27. The Bertz CT molecular complexity index is 571. The van der Waals surface area contributed by atoms with Crippen molar-refractivity contribution in [3.8, 4) is 0 Å². The van der Waals surface area contributed by atoms with Crippen molar-refractivity contribution in [3.05, 3.63) is 36.0 Å². The van der Waals surface area contributed by atoms with E-state index in [4.69, 9.17) is 0 Å². The molecule has 0 N–H and O–H groups in total. The minimum atomic E-state index is 0.851. The molecular formula is C10H6N2S. The Balaban J connectivity index is 2.65. The van der Waals surface area contributed by atoms with E-state index in [1.165, 1.54) is 15.5 Å². The zero-order valence-electron chi connectivity index (χ0n) is 6.77. The number of benzene rings is 1. The van der Waals surface area contributed by atoms with Crippen molar-refractivity contribution < 1.29 is 0 Å². The Kier molecular flexibility index (Phi) is 1.34. The smallest absolute Gasteiger partial charge is 0.170 e. The van der Waals surface area contributed by atoms with Crippen LogP contribution in [0.5, 0.6) is 0 Å². The van der Waals surface area contributed by atoms with Gasteiger partial charge in [-0.3, -0.25) is 0 Å². The van der Waals surface area contributed by atoms with Crippen molar-refractivity contribution in [2.45, 2.75) is 0 Å². The second-order valence-corrected chi connectivity index (χ2v) is 3.71. The van der Waals surface area contributed by atoms with E-state index in [0.717, 1.165) is 5.65 Å². The van der Waals surface area contributed by atoms with Crippen molar-refractivity contribution in [2.75, 3.05) is 0 Å². The van der Waals surface area contributed by atoms with Crippen molar-refractivity contribution in [3.63, 3.8) is 0 Å². The largest absolute Gasteiger partial charge is 0.235 e. The first-order valence-electron chi connectivity index (χ1n) is 4.02. The highest BCUT2D eigenvalue weighted by Crippen LogP contribution is 2.25. The van der Waals surface area contributed by atoms with Gasteiger partial charge < -0.3 is 0 Å². The molecule has 1 aromatic carbocycles. The molecule has 2 heterocycles. The fourth-order valence-electron chi connectivity index (χ4n) is 1.46. The lowest BCUT2D eigenvalue weighted by atomic mass is 10.2. The molecule has 13 heavy (non-hydrogen) atoms. The molecular weight excluding hydrogens is 180 g/mol. The lowest BCUT2D eigenvalue weighted by Gasteiger charge is -1.95. The Morgan fingerprint density at radius 3 is 3.00 bits per heavy atom. The van der Waals surface area contributed by atoms with Crippen LogP contribution in [0.1, 0.15) is 0 Å². The summed E-state index contributed by atoms with van der Waals surface area (Å²) in [5.41, 5.74) is 2.69. The molecule has 2 nitrogen and oxygen atoms in total. The van der Waals surface area contributed by atoms with Crippen LogP contribution in [0, 0.1) is 0 Å². The third-order valence-electron chi connectivity index (χ3n) is 2.08. The number of hydrogen-bond donors (Lipinski definition) is 0. The van der Waals surface area contributed by atoms with Crippen molar-refractivity contribution in [1.29, 1.82) is 0 Å². The molecule has 0 aliphatic carbocycles. The summed E-state index contributed by atoms with van der Waals surface area (Å²) in [6, 6.07) is 8.25. The summed E-state index contributed by atoms with van der Waals surface area (Å²) in [6.07, 6.45) is 1.87. The van der Waals surface area contributed by atoms with E-state index >= 15 is 0 Å². The van der Waals surface area contributed by atoms with Gasteiger partial charge in [-0.2, -0.15) is 0 Å². The van der Waals surface area contributed by atoms with Gasteiger partial charge in [0.1, 0.15) is 0 Å². The minimum absolute atomic E-state index is 0.851. The molecule has 3 heteroatoms. The number of nitrogens with zero attached hydrogens (tertiary/aromatic N) is 2. The number of rotatable bonds is 0. The van der Waals surface area contributed by atoms with Gasteiger partial charge in [-0.1, -0.05) is 24.3 Å². The number of aromatic nitrogens is 2. The quantitative estimate of drug-likeness (QED) is 0.539. The SMILES string of the molecule is c1ccc2c(c1)cnc1ncsc12. The molecule has 0 aliphatic heterocycles.